The van der Waals surface area contributed by atoms with Crippen molar-refractivity contribution in [2.24, 2.45) is 11.5 Å². The predicted octanol–water partition coefficient (Wildman–Crippen LogP) is 4.09. The number of aliphatic hydroxyl groups excluding tert-OH is 2. The third kappa shape index (κ3) is 45.2. The molecule has 7 N–H and O–H groups in total. The number of rotatable bonds is 16. The van der Waals surface area contributed by atoms with E-state index >= 15 is 0 Å². The van der Waals surface area contributed by atoms with Crippen molar-refractivity contribution in [3.63, 3.8) is 0 Å². The van der Waals surface area contributed by atoms with E-state index in [0.717, 1.165) is 32.1 Å². The highest BCUT2D eigenvalue weighted by Gasteiger charge is 1.92. The molecule has 176 valence electrons. The third-order valence-electron chi connectivity index (χ3n) is 3.48. The van der Waals surface area contributed by atoms with Gasteiger partial charge in [-0.05, 0) is 44.9 Å². The minimum Gasteiger partial charge on any atom is -0.481 e. The molecular weight excluding hydrogens is 380 g/mol. The number of hydrogen-bond acceptors (Lipinski definition) is 5. The summed E-state index contributed by atoms with van der Waals surface area (Å²) < 4.78 is 0. The summed E-state index contributed by atoms with van der Waals surface area (Å²) in [6.45, 7) is 3.18. The Morgan fingerprint density at radius 3 is 1.40 bits per heavy atom. The molecule has 0 radical (unpaired) electrons. The molecule has 0 saturated carbocycles. The van der Waals surface area contributed by atoms with Crippen LogP contribution >= 0.6 is 0 Å². The molecule has 0 aliphatic heterocycles. The molecule has 30 heavy (non-hydrogen) atoms. The maximum atomic E-state index is 10.3. The predicted molar refractivity (Wildman–Crippen MR) is 128 cm³/mol. The molecule has 0 amide bonds. The van der Waals surface area contributed by atoms with Crippen LogP contribution in [0.5, 0.6) is 0 Å². The number of aliphatic hydroxyl groups is 2. The van der Waals surface area contributed by atoms with Crippen LogP contribution in [0, 0.1) is 0 Å². The smallest absolute Gasteiger partial charge is 0.303 e. The second-order valence-corrected chi connectivity index (χ2v) is 6.40. The zero-order valence-corrected chi connectivity index (χ0v) is 18.9. The lowest BCUT2D eigenvalue weighted by Gasteiger charge is -1.90. The lowest BCUT2D eigenvalue weighted by atomic mass is 10.2. The summed E-state index contributed by atoms with van der Waals surface area (Å²) in [5.41, 5.74) is 9.56. The van der Waals surface area contributed by atoms with Crippen molar-refractivity contribution in [2.45, 2.75) is 71.1 Å². The van der Waals surface area contributed by atoms with Crippen molar-refractivity contribution < 1.29 is 20.1 Å². The van der Waals surface area contributed by atoms with E-state index in [1.54, 1.807) is 0 Å². The van der Waals surface area contributed by atoms with Crippen LogP contribution in [0.25, 0.3) is 0 Å². The van der Waals surface area contributed by atoms with Gasteiger partial charge in [-0.1, -0.05) is 68.4 Å². The molecule has 0 aliphatic carbocycles. The number of nitrogens with two attached hydrogens (primary N) is 2. The van der Waals surface area contributed by atoms with Gasteiger partial charge in [-0.3, -0.25) is 4.79 Å². The zero-order valence-electron chi connectivity index (χ0n) is 18.9. The Balaban J connectivity index is -0.000000771. The minimum absolute atomic E-state index is 0.0972. The molecule has 0 spiro atoms. The van der Waals surface area contributed by atoms with E-state index in [4.69, 9.17) is 26.8 Å². The first-order chi connectivity index (χ1) is 14.6. The van der Waals surface area contributed by atoms with Crippen LogP contribution in [0.4, 0.5) is 0 Å². The maximum absolute atomic E-state index is 10.3. The van der Waals surface area contributed by atoms with Crippen molar-refractivity contribution in [3.05, 3.63) is 48.6 Å². The molecule has 0 unspecified atom stereocenters. The van der Waals surface area contributed by atoms with Gasteiger partial charge in [0.15, 0.2) is 0 Å². The first kappa shape index (κ1) is 32.9. The number of allylic oxidation sites excluding steroid dienone is 8. The van der Waals surface area contributed by atoms with Gasteiger partial charge in [-0.2, -0.15) is 0 Å². The van der Waals surface area contributed by atoms with E-state index in [9.17, 15) is 4.79 Å². The van der Waals surface area contributed by atoms with E-state index in [1.165, 1.54) is 25.7 Å². The molecule has 0 aromatic rings. The zero-order chi connectivity index (χ0) is 23.1. The van der Waals surface area contributed by atoms with Crippen LogP contribution in [-0.4, -0.2) is 47.6 Å². The first-order valence-corrected chi connectivity index (χ1v) is 11.0. The second-order valence-electron chi connectivity index (χ2n) is 6.40. The summed E-state index contributed by atoms with van der Waals surface area (Å²) in [5.74, 6) is -0.712. The number of carbonyl (C=O) groups is 1. The molecule has 0 heterocycles. The van der Waals surface area contributed by atoms with Gasteiger partial charge in [0, 0.05) is 19.5 Å². The fraction of sp³-hybridized carbons (Fsp3) is 0.625. The number of aliphatic carboxylic acids is 1. The Morgan fingerprint density at radius 2 is 1.07 bits per heavy atom. The Labute approximate surface area is 184 Å². The summed E-state index contributed by atoms with van der Waals surface area (Å²) >= 11 is 0. The number of carboxylic acid groups (broad SMARTS) is 1. The lowest BCUT2D eigenvalue weighted by Crippen LogP contribution is -2.02. The average Bonchev–Trinajstić information content (AvgIpc) is 2.76. The second kappa shape index (κ2) is 34.8. The summed E-state index contributed by atoms with van der Waals surface area (Å²) in [7, 11) is 0. The Kier molecular flexibility index (Phi) is 38.1. The molecular formula is C24H46N2O4. The van der Waals surface area contributed by atoms with E-state index in [0.29, 0.717) is 13.1 Å². The molecule has 0 rings (SSSR count). The molecule has 0 aromatic heterocycles. The van der Waals surface area contributed by atoms with E-state index < -0.39 is 5.97 Å². The van der Waals surface area contributed by atoms with Crippen LogP contribution in [-0.2, 0) is 4.79 Å². The number of unbranched alkanes of at least 4 members (excludes halogenated alkanes) is 4. The monoisotopic (exact) mass is 426 g/mol. The fourth-order valence-corrected chi connectivity index (χ4v) is 1.93. The highest BCUT2D eigenvalue weighted by Crippen LogP contribution is 2.01. The highest BCUT2D eigenvalue weighted by atomic mass is 16.4. The standard InChI is InChI=1S/C20H32O2.2C2H7NO/c1-2-3-4-5-6-7-8-9-10-11-12-13-14-15-16-17-18-19-20(21)22;2*3-1-2-4/h6-7,9-10,12-13,15-16H,2-5,8,11,14,17-19H2,1H3,(H,21,22);2*4H,1-3H2/b7-6-,10-9-,13-12-,16-15-;;. The van der Waals surface area contributed by atoms with Crippen LogP contribution in [0.2, 0.25) is 0 Å². The summed E-state index contributed by atoms with van der Waals surface area (Å²) in [6, 6.07) is 0. The number of hydrogen-bond donors (Lipinski definition) is 5. The Bertz CT molecular complexity index is 425. The quantitative estimate of drug-likeness (QED) is 0.187. The van der Waals surface area contributed by atoms with Gasteiger partial charge in [0.25, 0.3) is 0 Å². The van der Waals surface area contributed by atoms with Gasteiger partial charge in [0.1, 0.15) is 0 Å². The van der Waals surface area contributed by atoms with Gasteiger partial charge in [-0.15, -0.1) is 0 Å². The normalized spacial score (nSPS) is 11.1. The van der Waals surface area contributed by atoms with Crippen molar-refractivity contribution in [1.82, 2.24) is 0 Å². The largest absolute Gasteiger partial charge is 0.481 e. The Morgan fingerprint density at radius 1 is 0.700 bits per heavy atom. The van der Waals surface area contributed by atoms with Crippen molar-refractivity contribution >= 4 is 5.97 Å². The van der Waals surface area contributed by atoms with Crippen molar-refractivity contribution in [3.8, 4) is 0 Å². The highest BCUT2D eigenvalue weighted by molar-refractivity contribution is 5.66. The lowest BCUT2D eigenvalue weighted by molar-refractivity contribution is -0.137. The number of carboxylic acids is 1. The average molecular weight is 427 g/mol. The summed E-state index contributed by atoms with van der Waals surface area (Å²) in [5, 5.41) is 24.0. The van der Waals surface area contributed by atoms with E-state index in [-0.39, 0.29) is 19.6 Å². The van der Waals surface area contributed by atoms with Gasteiger partial charge in [-0.25, -0.2) is 0 Å². The maximum Gasteiger partial charge on any atom is 0.303 e. The third-order valence-corrected chi connectivity index (χ3v) is 3.48. The molecule has 0 bridgehead atoms. The minimum atomic E-state index is -0.712. The molecule has 0 saturated heterocycles. The van der Waals surface area contributed by atoms with E-state index in [2.05, 4.69) is 55.5 Å². The molecule has 0 aromatic carbocycles. The van der Waals surface area contributed by atoms with Crippen LogP contribution in [0.1, 0.15) is 71.1 Å². The van der Waals surface area contributed by atoms with Crippen LogP contribution in [0.3, 0.4) is 0 Å². The Hall–Kier alpha value is -1.73. The fourth-order valence-electron chi connectivity index (χ4n) is 1.93. The molecule has 6 nitrogen and oxygen atoms in total. The first-order valence-electron chi connectivity index (χ1n) is 11.0. The molecule has 0 fully saturated rings. The van der Waals surface area contributed by atoms with Gasteiger partial charge < -0.3 is 26.8 Å². The summed E-state index contributed by atoms with van der Waals surface area (Å²) in [6.07, 6.45) is 27.3. The molecule has 0 atom stereocenters. The summed E-state index contributed by atoms with van der Waals surface area (Å²) in [4.78, 5) is 10.3. The van der Waals surface area contributed by atoms with Gasteiger partial charge in [0.05, 0.1) is 13.2 Å². The van der Waals surface area contributed by atoms with Gasteiger partial charge >= 0.3 is 5.97 Å². The van der Waals surface area contributed by atoms with Crippen molar-refractivity contribution in [1.29, 1.82) is 0 Å². The molecule has 6 heteroatoms. The SMILES string of the molecule is CCCCC/C=C\C/C=C\C/C=C\C/C=C\CCCC(=O)O.NCCO.NCCO. The topological polar surface area (TPSA) is 130 Å². The van der Waals surface area contributed by atoms with Crippen LogP contribution in [0.15, 0.2) is 48.6 Å². The molecule has 0 aliphatic rings. The van der Waals surface area contributed by atoms with Crippen LogP contribution < -0.4 is 11.5 Å². The van der Waals surface area contributed by atoms with E-state index in [1.807, 2.05) is 0 Å². The van der Waals surface area contributed by atoms with Gasteiger partial charge in [0.2, 0.25) is 0 Å². The van der Waals surface area contributed by atoms with Crippen molar-refractivity contribution in [2.75, 3.05) is 26.3 Å².